The van der Waals surface area contributed by atoms with Gasteiger partial charge in [0.05, 0.1) is 0 Å². The summed E-state index contributed by atoms with van der Waals surface area (Å²) in [5.41, 5.74) is 2.96. The molecular weight excluding hydrogens is 122 g/mol. The van der Waals surface area contributed by atoms with Crippen molar-refractivity contribution in [3.8, 4) is 0 Å². The molecule has 1 nitrogen and oxygen atoms in total. The Labute approximate surface area is 62.8 Å². The molecule has 0 spiro atoms. The first-order chi connectivity index (χ1) is 4.80. The maximum Gasteiger partial charge on any atom is 0.00772 e. The number of hydrogen-bond acceptors (Lipinski definition) is 1. The van der Waals surface area contributed by atoms with Crippen LogP contribution in [0.1, 0.15) is 20.3 Å². The van der Waals surface area contributed by atoms with Gasteiger partial charge in [-0.05, 0) is 20.3 Å². The second-order valence-electron chi connectivity index (χ2n) is 2.82. The third kappa shape index (κ3) is 2.83. The summed E-state index contributed by atoms with van der Waals surface area (Å²) in [6, 6.07) is 0. The van der Waals surface area contributed by atoms with Gasteiger partial charge < -0.3 is 5.32 Å². The van der Waals surface area contributed by atoms with Crippen LogP contribution in [-0.2, 0) is 0 Å². The van der Waals surface area contributed by atoms with Crippen molar-refractivity contribution in [1.29, 1.82) is 0 Å². The van der Waals surface area contributed by atoms with Crippen LogP contribution < -0.4 is 5.32 Å². The van der Waals surface area contributed by atoms with E-state index in [0.717, 1.165) is 0 Å². The van der Waals surface area contributed by atoms with Crippen LogP contribution in [0.25, 0.3) is 0 Å². The van der Waals surface area contributed by atoms with Crippen molar-refractivity contribution in [2.75, 3.05) is 13.1 Å². The minimum Gasteiger partial charge on any atom is -0.314 e. The number of allylic oxidation sites excluding steroid dienone is 4. The van der Waals surface area contributed by atoms with Gasteiger partial charge in [-0.1, -0.05) is 23.3 Å². The molecule has 0 saturated carbocycles. The van der Waals surface area contributed by atoms with Crippen LogP contribution in [0.2, 0.25) is 0 Å². The maximum absolute atomic E-state index is 3.00. The van der Waals surface area contributed by atoms with E-state index < -0.39 is 0 Å². The molecule has 0 aromatic rings. The Balaban J connectivity index is 0.000000138. The van der Waals surface area contributed by atoms with Crippen LogP contribution in [0.3, 0.4) is 0 Å². The molecule has 0 radical (unpaired) electrons. The minimum absolute atomic E-state index is 1.17. The average molecular weight is 137 g/mol. The van der Waals surface area contributed by atoms with Crippen LogP contribution in [0.15, 0.2) is 23.3 Å². The second-order valence-corrected chi connectivity index (χ2v) is 2.82. The van der Waals surface area contributed by atoms with Crippen molar-refractivity contribution in [3.05, 3.63) is 23.3 Å². The Morgan fingerprint density at radius 3 is 2.00 bits per heavy atom. The first-order valence-electron chi connectivity index (χ1n) is 3.84. The van der Waals surface area contributed by atoms with E-state index in [-0.39, 0.29) is 0 Å². The quantitative estimate of drug-likeness (QED) is 0.506. The molecule has 1 N–H and O–H groups in total. The summed E-state index contributed by atoms with van der Waals surface area (Å²) in [5, 5.41) is 3.00. The van der Waals surface area contributed by atoms with Crippen LogP contribution in [0.5, 0.6) is 0 Å². The molecule has 1 fully saturated rings. The molecule has 1 heterocycles. The fraction of sp³-hybridized carbons (Fsp3) is 0.556. The first-order valence-corrected chi connectivity index (χ1v) is 3.84. The fourth-order valence-corrected chi connectivity index (χ4v) is 0.716. The molecule has 56 valence electrons. The number of hydrogen-bond donors (Lipinski definition) is 1. The molecule has 0 atom stereocenters. The lowest BCUT2D eigenvalue weighted by atomic mass is 10.2. The lowest BCUT2D eigenvalue weighted by Gasteiger charge is -1.87. The molecule has 0 bridgehead atoms. The molecule has 1 aliphatic heterocycles. The lowest BCUT2D eigenvalue weighted by molar-refractivity contribution is 1.22. The molecule has 10 heavy (non-hydrogen) atoms. The third-order valence-electron chi connectivity index (χ3n) is 1.72. The van der Waals surface area contributed by atoms with Crippen LogP contribution >= 0.6 is 0 Å². The zero-order valence-electron chi connectivity index (χ0n) is 6.78. The fourth-order valence-electron chi connectivity index (χ4n) is 0.716. The molecular formula is C9H15N. The molecule has 1 aliphatic carbocycles. The largest absolute Gasteiger partial charge is 0.314 e. The van der Waals surface area contributed by atoms with E-state index in [2.05, 4.69) is 31.3 Å². The van der Waals surface area contributed by atoms with Gasteiger partial charge in [0, 0.05) is 13.1 Å². The molecule has 2 aliphatic rings. The van der Waals surface area contributed by atoms with E-state index in [1.165, 1.54) is 30.7 Å². The monoisotopic (exact) mass is 137 g/mol. The van der Waals surface area contributed by atoms with Gasteiger partial charge in [-0.2, -0.15) is 0 Å². The highest BCUT2D eigenvalue weighted by molar-refractivity contribution is 5.30. The Kier molecular flexibility index (Phi) is 2.69. The summed E-state index contributed by atoms with van der Waals surface area (Å²) in [5.74, 6) is 0. The predicted molar refractivity (Wildman–Crippen MR) is 45.0 cm³/mol. The molecule has 0 unspecified atom stereocenters. The van der Waals surface area contributed by atoms with E-state index in [1.807, 2.05) is 0 Å². The van der Waals surface area contributed by atoms with E-state index in [9.17, 15) is 0 Å². The Morgan fingerprint density at radius 2 is 1.90 bits per heavy atom. The van der Waals surface area contributed by atoms with E-state index in [4.69, 9.17) is 0 Å². The number of rotatable bonds is 0. The van der Waals surface area contributed by atoms with Crippen molar-refractivity contribution < 1.29 is 0 Å². The topological polar surface area (TPSA) is 21.9 Å². The third-order valence-corrected chi connectivity index (χ3v) is 1.72. The Bertz CT molecular complexity index is 161. The zero-order valence-corrected chi connectivity index (χ0v) is 6.78. The molecule has 1 saturated heterocycles. The lowest BCUT2D eigenvalue weighted by Crippen LogP contribution is -1.67. The normalized spacial score (nSPS) is 20.6. The Hall–Kier alpha value is -0.560. The van der Waals surface area contributed by atoms with Gasteiger partial charge in [0.1, 0.15) is 0 Å². The Morgan fingerprint density at radius 1 is 1.30 bits per heavy atom. The highest BCUT2D eigenvalue weighted by atomic mass is 15.0. The molecule has 0 aromatic carbocycles. The van der Waals surface area contributed by atoms with Crippen molar-refractivity contribution in [2.24, 2.45) is 0 Å². The first kappa shape index (κ1) is 7.55. The van der Waals surface area contributed by atoms with Gasteiger partial charge in [0.2, 0.25) is 0 Å². The summed E-state index contributed by atoms with van der Waals surface area (Å²) >= 11 is 0. The van der Waals surface area contributed by atoms with Gasteiger partial charge in [0.15, 0.2) is 0 Å². The van der Waals surface area contributed by atoms with Gasteiger partial charge in [-0.15, -0.1) is 0 Å². The number of nitrogens with one attached hydrogen (secondary N) is 1. The van der Waals surface area contributed by atoms with E-state index >= 15 is 0 Å². The molecule has 1 heteroatoms. The van der Waals surface area contributed by atoms with Gasteiger partial charge in [-0.3, -0.25) is 0 Å². The van der Waals surface area contributed by atoms with E-state index in [0.29, 0.717) is 0 Å². The SMILES string of the molecule is C1CN1.CC1=C(C)CC=C1. The highest BCUT2D eigenvalue weighted by Gasteiger charge is 1.95. The van der Waals surface area contributed by atoms with Crippen molar-refractivity contribution >= 4 is 0 Å². The van der Waals surface area contributed by atoms with Crippen LogP contribution in [0.4, 0.5) is 0 Å². The second kappa shape index (κ2) is 3.57. The van der Waals surface area contributed by atoms with Gasteiger partial charge >= 0.3 is 0 Å². The summed E-state index contributed by atoms with van der Waals surface area (Å²) in [6.07, 6.45) is 5.55. The summed E-state index contributed by atoms with van der Waals surface area (Å²) in [6.45, 7) is 6.83. The smallest absolute Gasteiger partial charge is 0.00772 e. The molecule has 0 aromatic heterocycles. The highest BCUT2D eigenvalue weighted by Crippen LogP contribution is 2.16. The molecule has 2 rings (SSSR count). The molecule has 0 amide bonds. The van der Waals surface area contributed by atoms with Crippen molar-refractivity contribution in [3.63, 3.8) is 0 Å². The van der Waals surface area contributed by atoms with Gasteiger partial charge in [0.25, 0.3) is 0 Å². The maximum atomic E-state index is 3.00. The minimum atomic E-state index is 1.17. The standard InChI is InChI=1S/C7H10.C2H5N/c1-6-4-3-5-7(6)2;1-2-3-1/h3-4H,5H2,1-2H3;3H,1-2H2. The van der Waals surface area contributed by atoms with E-state index in [1.54, 1.807) is 0 Å². The van der Waals surface area contributed by atoms with Gasteiger partial charge in [-0.25, -0.2) is 0 Å². The predicted octanol–water partition coefficient (Wildman–Crippen LogP) is 1.87. The van der Waals surface area contributed by atoms with Crippen LogP contribution in [-0.4, -0.2) is 13.1 Å². The van der Waals surface area contributed by atoms with Crippen molar-refractivity contribution in [2.45, 2.75) is 20.3 Å². The summed E-state index contributed by atoms with van der Waals surface area (Å²) in [4.78, 5) is 0. The van der Waals surface area contributed by atoms with Crippen molar-refractivity contribution in [1.82, 2.24) is 5.32 Å². The van der Waals surface area contributed by atoms with Crippen LogP contribution in [0, 0.1) is 0 Å². The summed E-state index contributed by atoms with van der Waals surface area (Å²) < 4.78 is 0. The zero-order chi connectivity index (χ0) is 7.40. The average Bonchev–Trinajstić information content (AvgIpc) is 2.70. The summed E-state index contributed by atoms with van der Waals surface area (Å²) in [7, 11) is 0.